The Labute approximate surface area is 235 Å². The number of nitrogens with zero attached hydrogens (tertiary/aromatic N) is 2. The third-order valence-corrected chi connectivity index (χ3v) is 7.90. The molecule has 1 saturated carbocycles. The van der Waals surface area contributed by atoms with Crippen LogP contribution >= 0.6 is 0 Å². The predicted molar refractivity (Wildman–Crippen MR) is 149 cm³/mol. The number of alkyl halides is 1. The molecule has 1 aliphatic carbocycles. The quantitative estimate of drug-likeness (QED) is 0.255. The largest absolute Gasteiger partial charge is 0.489 e. The van der Waals surface area contributed by atoms with Crippen molar-refractivity contribution >= 4 is 22.6 Å². The highest BCUT2D eigenvalue weighted by Gasteiger charge is 2.45. The van der Waals surface area contributed by atoms with E-state index in [-0.39, 0.29) is 42.7 Å². The molecule has 41 heavy (non-hydrogen) atoms. The molecule has 7 nitrogen and oxygen atoms in total. The number of primary amides is 1. The van der Waals surface area contributed by atoms with E-state index >= 15 is 4.39 Å². The predicted octanol–water partition coefficient (Wildman–Crippen LogP) is 5.96. The smallest absolute Gasteiger partial charge is 0.231 e. The Balaban J connectivity index is 1.32. The highest BCUT2D eigenvalue weighted by molar-refractivity contribution is 6.01. The number of amides is 1. The van der Waals surface area contributed by atoms with Gasteiger partial charge in [-0.15, -0.1) is 0 Å². The summed E-state index contributed by atoms with van der Waals surface area (Å²) in [5.41, 5.74) is 4.78. The van der Waals surface area contributed by atoms with Gasteiger partial charge in [0.05, 0.1) is 11.8 Å². The molecule has 2 aromatic carbocycles. The van der Waals surface area contributed by atoms with Crippen molar-refractivity contribution in [3.05, 3.63) is 83.4 Å². The average molecular weight is 558 g/mol. The van der Waals surface area contributed by atoms with Gasteiger partial charge < -0.3 is 15.2 Å². The van der Waals surface area contributed by atoms with Crippen LogP contribution in [-0.2, 0) is 15.9 Å². The number of rotatable bonds is 9. The molecule has 2 atom stereocenters. The number of aromatic nitrogens is 2. The SMILES string of the molecule is C[C@@](F)(CCC(=O)c1cc(OC2CC2)c2ncccc2c1)c1cc2c(c(-c3ccc(F)cc3)n1)OC[C@]2(C)C(N)=O. The van der Waals surface area contributed by atoms with E-state index in [4.69, 9.17) is 15.2 Å². The molecule has 1 aliphatic heterocycles. The summed E-state index contributed by atoms with van der Waals surface area (Å²) >= 11 is 0. The van der Waals surface area contributed by atoms with Gasteiger partial charge in [-0.25, -0.2) is 13.8 Å². The second kappa shape index (κ2) is 9.90. The van der Waals surface area contributed by atoms with Crippen LogP contribution in [0.2, 0.25) is 0 Å². The van der Waals surface area contributed by atoms with Crippen molar-refractivity contribution < 1.29 is 27.8 Å². The summed E-state index contributed by atoms with van der Waals surface area (Å²) in [5, 5.41) is 0.770. The monoisotopic (exact) mass is 557 g/mol. The van der Waals surface area contributed by atoms with E-state index in [9.17, 15) is 14.0 Å². The number of hydrogen-bond donors (Lipinski definition) is 1. The van der Waals surface area contributed by atoms with Gasteiger partial charge in [-0.3, -0.25) is 14.6 Å². The van der Waals surface area contributed by atoms with Gasteiger partial charge >= 0.3 is 0 Å². The Kier molecular flexibility index (Phi) is 6.47. The van der Waals surface area contributed by atoms with Crippen LogP contribution in [0.1, 0.15) is 61.1 Å². The van der Waals surface area contributed by atoms with E-state index in [0.29, 0.717) is 33.7 Å². The van der Waals surface area contributed by atoms with Crippen LogP contribution in [0.4, 0.5) is 8.78 Å². The first-order chi connectivity index (χ1) is 19.5. The first-order valence-corrected chi connectivity index (χ1v) is 13.6. The Morgan fingerprint density at radius 3 is 2.63 bits per heavy atom. The standard InChI is InChI=1S/C32H29F2N3O4/c1-31(30(35)39)17-40-29-23(31)16-26(37-28(29)18-5-7-21(33)8-6-18)32(2,34)12-11-24(38)20-14-19-4-3-13-36-27(19)25(15-20)41-22-9-10-22/h3-8,13-16,22H,9-12,17H2,1-2H3,(H2,35,39)/t31-,32+/m0/s1. The number of ketones is 1. The lowest BCUT2D eigenvalue weighted by molar-refractivity contribution is -0.123. The summed E-state index contributed by atoms with van der Waals surface area (Å²) in [6.07, 6.45) is 3.45. The summed E-state index contributed by atoms with van der Waals surface area (Å²) in [4.78, 5) is 34.7. The van der Waals surface area contributed by atoms with Crippen LogP contribution in [0.5, 0.6) is 11.5 Å². The number of nitrogens with two attached hydrogens (primary N) is 1. The average Bonchev–Trinajstić information content (AvgIpc) is 3.71. The minimum Gasteiger partial charge on any atom is -0.489 e. The van der Waals surface area contributed by atoms with Crippen molar-refractivity contribution in [3.8, 4) is 22.8 Å². The first-order valence-electron chi connectivity index (χ1n) is 13.6. The summed E-state index contributed by atoms with van der Waals surface area (Å²) in [6.45, 7) is 2.96. The molecule has 2 aliphatic rings. The van der Waals surface area contributed by atoms with Crippen LogP contribution < -0.4 is 15.2 Å². The van der Waals surface area contributed by atoms with E-state index in [1.807, 2.05) is 6.07 Å². The number of benzene rings is 2. The van der Waals surface area contributed by atoms with E-state index in [2.05, 4.69) is 9.97 Å². The van der Waals surface area contributed by atoms with Crippen molar-refractivity contribution in [2.45, 2.75) is 56.7 Å². The number of Topliss-reactive ketones (excluding diaryl/α,β-unsaturated/α-hetero) is 1. The van der Waals surface area contributed by atoms with Crippen molar-refractivity contribution in [1.29, 1.82) is 0 Å². The molecule has 0 radical (unpaired) electrons. The van der Waals surface area contributed by atoms with Crippen LogP contribution in [0.3, 0.4) is 0 Å². The van der Waals surface area contributed by atoms with Gasteiger partial charge in [-0.1, -0.05) is 6.07 Å². The summed E-state index contributed by atoms with van der Waals surface area (Å²) in [7, 11) is 0. The van der Waals surface area contributed by atoms with Gasteiger partial charge in [-0.05, 0) is 81.6 Å². The normalized spacial score (nSPS) is 19.3. The Morgan fingerprint density at radius 2 is 1.93 bits per heavy atom. The first kappa shape index (κ1) is 26.8. The molecule has 0 unspecified atom stereocenters. The number of pyridine rings is 2. The maximum Gasteiger partial charge on any atom is 0.231 e. The zero-order chi connectivity index (χ0) is 28.9. The Morgan fingerprint density at radius 1 is 1.17 bits per heavy atom. The third-order valence-electron chi connectivity index (χ3n) is 7.90. The molecule has 0 bridgehead atoms. The highest BCUT2D eigenvalue weighted by atomic mass is 19.1. The van der Waals surface area contributed by atoms with Gasteiger partial charge in [0.25, 0.3) is 0 Å². The second-order valence-electron chi connectivity index (χ2n) is 11.2. The second-order valence-corrected chi connectivity index (χ2v) is 11.2. The molecule has 9 heteroatoms. The zero-order valence-corrected chi connectivity index (χ0v) is 22.7. The fourth-order valence-electron chi connectivity index (χ4n) is 5.05. The van der Waals surface area contributed by atoms with E-state index in [1.165, 1.54) is 37.3 Å². The highest BCUT2D eigenvalue weighted by Crippen LogP contribution is 2.46. The van der Waals surface area contributed by atoms with Crippen LogP contribution in [0, 0.1) is 5.82 Å². The van der Waals surface area contributed by atoms with Crippen molar-refractivity contribution in [2.24, 2.45) is 5.73 Å². The maximum absolute atomic E-state index is 16.4. The number of halogens is 2. The molecule has 1 fully saturated rings. The third kappa shape index (κ3) is 5.01. The lowest BCUT2D eigenvalue weighted by Crippen LogP contribution is -2.40. The van der Waals surface area contributed by atoms with E-state index < -0.39 is 22.8 Å². The van der Waals surface area contributed by atoms with Gasteiger partial charge in [-0.2, -0.15) is 0 Å². The van der Waals surface area contributed by atoms with Crippen LogP contribution in [0.15, 0.2) is 60.8 Å². The van der Waals surface area contributed by atoms with Gasteiger partial charge in [0.15, 0.2) is 5.78 Å². The number of carbonyl (C=O) groups excluding carboxylic acids is 2. The number of ether oxygens (including phenoxy) is 2. The fraction of sp³-hybridized carbons (Fsp3) is 0.312. The molecule has 1 amide bonds. The van der Waals surface area contributed by atoms with E-state index in [0.717, 1.165) is 18.2 Å². The molecule has 3 heterocycles. The molecule has 6 rings (SSSR count). The van der Waals surface area contributed by atoms with E-state index in [1.54, 1.807) is 31.3 Å². The Hall–Kier alpha value is -4.40. The summed E-state index contributed by atoms with van der Waals surface area (Å²) in [5.74, 6) is -0.448. The number of hydrogen-bond acceptors (Lipinski definition) is 6. The maximum atomic E-state index is 16.4. The van der Waals surface area contributed by atoms with Gasteiger partial charge in [0.1, 0.15) is 46.2 Å². The Bertz CT molecular complexity index is 1680. The minimum absolute atomic E-state index is 0.0272. The van der Waals surface area contributed by atoms with Gasteiger partial charge in [0, 0.05) is 34.7 Å². The zero-order valence-electron chi connectivity index (χ0n) is 22.7. The summed E-state index contributed by atoms with van der Waals surface area (Å²) in [6, 6.07) is 14.1. The molecule has 2 N–H and O–H groups in total. The molecule has 0 spiro atoms. The number of fused-ring (bicyclic) bond motifs is 2. The molecule has 210 valence electrons. The molecular formula is C32H29F2N3O4. The lowest BCUT2D eigenvalue weighted by Gasteiger charge is -2.24. The molecule has 4 aromatic rings. The van der Waals surface area contributed by atoms with Crippen molar-refractivity contribution in [1.82, 2.24) is 9.97 Å². The lowest BCUT2D eigenvalue weighted by atomic mass is 9.81. The van der Waals surface area contributed by atoms with Crippen molar-refractivity contribution in [2.75, 3.05) is 6.61 Å². The fourth-order valence-corrected chi connectivity index (χ4v) is 5.05. The number of carbonyl (C=O) groups is 2. The molecular weight excluding hydrogens is 528 g/mol. The molecule has 2 aromatic heterocycles. The topological polar surface area (TPSA) is 104 Å². The van der Waals surface area contributed by atoms with Crippen LogP contribution in [0.25, 0.3) is 22.2 Å². The molecule has 0 saturated heterocycles. The van der Waals surface area contributed by atoms with Gasteiger partial charge in [0.2, 0.25) is 5.91 Å². The minimum atomic E-state index is -2.05. The van der Waals surface area contributed by atoms with Crippen molar-refractivity contribution in [3.63, 3.8) is 0 Å². The van der Waals surface area contributed by atoms with Crippen LogP contribution in [-0.4, -0.2) is 34.4 Å². The summed E-state index contributed by atoms with van der Waals surface area (Å²) < 4.78 is 41.9.